The van der Waals surface area contributed by atoms with Crippen LogP contribution in [0.25, 0.3) is 20.9 Å². The van der Waals surface area contributed by atoms with E-state index in [0.717, 1.165) is 53.6 Å². The molecule has 0 saturated carbocycles. The molecule has 4 aromatic rings. The molecule has 1 aliphatic rings. The highest BCUT2D eigenvalue weighted by molar-refractivity contribution is 7.21. The molecule has 1 fully saturated rings. The second-order valence-electron chi connectivity index (χ2n) is 8.27. The summed E-state index contributed by atoms with van der Waals surface area (Å²) in [5.74, 6) is 0.325. The van der Waals surface area contributed by atoms with Crippen LogP contribution in [0.3, 0.4) is 0 Å². The molecule has 0 unspecified atom stereocenters. The van der Waals surface area contributed by atoms with Crippen LogP contribution < -0.4 is 15.0 Å². The van der Waals surface area contributed by atoms with E-state index < -0.39 is 0 Å². The fourth-order valence-corrected chi connectivity index (χ4v) is 5.00. The minimum absolute atomic E-state index is 0. The van der Waals surface area contributed by atoms with Gasteiger partial charge in [0.2, 0.25) is 0 Å². The molecule has 1 aliphatic heterocycles. The number of carbonyl (C=O) groups excluding carboxylic acids is 1. The summed E-state index contributed by atoms with van der Waals surface area (Å²) in [5, 5.41) is 3.79. The predicted octanol–water partition coefficient (Wildman–Crippen LogP) is 3.60. The van der Waals surface area contributed by atoms with Crippen molar-refractivity contribution in [1.82, 2.24) is 24.8 Å². The Morgan fingerprint density at radius 1 is 1.05 bits per heavy atom. The summed E-state index contributed by atoms with van der Waals surface area (Å²) in [6.45, 7) is 4.97. The molecule has 4 heterocycles. The first-order chi connectivity index (χ1) is 17.6. The number of aromatic nitrogens is 4. The first-order valence-corrected chi connectivity index (χ1v) is 12.5. The maximum absolute atomic E-state index is 13.3. The fraction of sp³-hybridized carbons (Fsp3) is 0.320. The normalized spacial score (nSPS) is 13.8. The summed E-state index contributed by atoms with van der Waals surface area (Å²) in [5.41, 5.74) is 2.53. The van der Waals surface area contributed by atoms with Crippen molar-refractivity contribution in [2.24, 2.45) is 0 Å². The van der Waals surface area contributed by atoms with Gasteiger partial charge in [-0.05, 0) is 24.3 Å². The van der Waals surface area contributed by atoms with Crippen LogP contribution in [0.1, 0.15) is 10.5 Å². The van der Waals surface area contributed by atoms with Gasteiger partial charge in [0.1, 0.15) is 26.9 Å². The van der Waals surface area contributed by atoms with Crippen molar-refractivity contribution in [3.05, 3.63) is 54.4 Å². The van der Waals surface area contributed by atoms with Gasteiger partial charge in [0.25, 0.3) is 5.91 Å². The number of para-hydroxylation sites is 1. The first-order valence-electron chi connectivity index (χ1n) is 11.7. The Morgan fingerprint density at radius 2 is 1.86 bits per heavy atom. The molecule has 5 rings (SSSR count). The smallest absolute Gasteiger partial charge is 0.318 e. The molecule has 0 atom stereocenters. The molecule has 194 valence electrons. The van der Waals surface area contributed by atoms with Crippen molar-refractivity contribution in [2.45, 2.75) is 0 Å². The Balaban J connectivity index is 0.00000320. The van der Waals surface area contributed by atoms with E-state index in [1.54, 1.807) is 19.4 Å². The van der Waals surface area contributed by atoms with Gasteiger partial charge in [0.05, 0.1) is 19.4 Å². The molecule has 37 heavy (non-hydrogen) atoms. The summed E-state index contributed by atoms with van der Waals surface area (Å²) >= 11 is 1.48. The van der Waals surface area contributed by atoms with E-state index in [1.165, 1.54) is 18.4 Å². The molecule has 3 aromatic heterocycles. The average Bonchev–Trinajstić information content (AvgIpc) is 3.36. The third-order valence-electron chi connectivity index (χ3n) is 5.99. The van der Waals surface area contributed by atoms with E-state index in [9.17, 15) is 4.79 Å². The monoisotopic (exact) mass is 541 g/mol. The van der Waals surface area contributed by atoms with Gasteiger partial charge in [-0.15, -0.1) is 12.4 Å². The van der Waals surface area contributed by atoms with E-state index in [0.29, 0.717) is 18.1 Å². The zero-order valence-corrected chi connectivity index (χ0v) is 22.2. The van der Waals surface area contributed by atoms with Gasteiger partial charge in [-0.1, -0.05) is 23.5 Å². The molecule has 0 aliphatic carbocycles. The topological polar surface area (TPSA) is 106 Å². The van der Waals surface area contributed by atoms with Gasteiger partial charge in [-0.3, -0.25) is 9.69 Å². The lowest BCUT2D eigenvalue weighted by molar-refractivity contribution is 0.102. The Kier molecular flexibility index (Phi) is 8.82. The lowest BCUT2D eigenvalue weighted by Crippen LogP contribution is -2.47. The molecular weight excluding hydrogens is 514 g/mol. The summed E-state index contributed by atoms with van der Waals surface area (Å²) in [7, 11) is 3.21. The second-order valence-corrected chi connectivity index (χ2v) is 9.24. The number of amides is 1. The van der Waals surface area contributed by atoms with E-state index in [-0.39, 0.29) is 30.0 Å². The van der Waals surface area contributed by atoms with Crippen molar-refractivity contribution in [3.8, 4) is 16.6 Å². The third kappa shape index (κ3) is 6.13. The Labute approximate surface area is 225 Å². The molecule has 1 saturated heterocycles. The summed E-state index contributed by atoms with van der Waals surface area (Å²) in [6, 6.07) is 13.2. The zero-order chi connectivity index (χ0) is 24.9. The number of benzene rings is 1. The third-order valence-corrected chi connectivity index (χ3v) is 7.00. The Bertz CT molecular complexity index is 1330. The SMILES string of the molecule is COCCN1CCN(c2cc(C(=O)Nc3ccccc3-c3nc4cccnc4s3)nc(OC)n2)CC1.Cl. The number of fused-ring (bicyclic) bond motifs is 1. The Morgan fingerprint density at radius 3 is 2.62 bits per heavy atom. The molecule has 0 spiro atoms. The first kappa shape index (κ1) is 26.7. The number of rotatable bonds is 8. The molecule has 1 aromatic carbocycles. The number of anilines is 2. The number of piperazine rings is 1. The number of hydrogen-bond acceptors (Lipinski definition) is 10. The van der Waals surface area contributed by atoms with Gasteiger partial charge < -0.3 is 19.7 Å². The van der Waals surface area contributed by atoms with Crippen LogP contribution in [-0.2, 0) is 4.74 Å². The molecule has 12 heteroatoms. The number of carbonyl (C=O) groups is 1. The van der Waals surface area contributed by atoms with Gasteiger partial charge >= 0.3 is 6.01 Å². The zero-order valence-electron chi connectivity index (χ0n) is 20.6. The quantitative estimate of drug-likeness (QED) is 0.358. The molecule has 1 amide bonds. The number of nitrogens with zero attached hydrogens (tertiary/aromatic N) is 6. The lowest BCUT2D eigenvalue weighted by atomic mass is 10.2. The molecule has 1 N–H and O–H groups in total. The maximum Gasteiger partial charge on any atom is 0.318 e. The highest BCUT2D eigenvalue weighted by atomic mass is 35.5. The van der Waals surface area contributed by atoms with Gasteiger partial charge in [-0.2, -0.15) is 9.97 Å². The van der Waals surface area contributed by atoms with E-state index >= 15 is 0 Å². The van der Waals surface area contributed by atoms with Crippen LogP contribution in [0.2, 0.25) is 0 Å². The van der Waals surface area contributed by atoms with Crippen molar-refractivity contribution in [2.75, 3.05) is 63.8 Å². The number of halogens is 1. The highest BCUT2D eigenvalue weighted by Gasteiger charge is 2.22. The fourth-order valence-electron chi connectivity index (χ4n) is 4.05. The number of ether oxygens (including phenoxy) is 2. The largest absolute Gasteiger partial charge is 0.467 e. The van der Waals surface area contributed by atoms with Gasteiger partial charge in [0, 0.05) is 57.7 Å². The standard InChI is InChI=1S/C25H27N7O3S.ClH/c1-34-15-14-31-10-12-32(13-11-31)21-16-20(29-25(30-21)35-2)22(33)27-18-7-4-3-6-17(18)23-28-19-8-5-9-26-24(19)36-23;/h3-9,16H,10-15H2,1-2H3,(H,27,33);1H. The number of thiazole rings is 1. The minimum atomic E-state index is -0.345. The maximum atomic E-state index is 13.3. The van der Waals surface area contributed by atoms with Crippen LogP contribution in [0.4, 0.5) is 11.5 Å². The second kappa shape index (κ2) is 12.2. The van der Waals surface area contributed by atoms with Crippen LogP contribution in [0.15, 0.2) is 48.7 Å². The lowest BCUT2D eigenvalue weighted by Gasteiger charge is -2.35. The number of hydrogen-bond donors (Lipinski definition) is 1. The molecule has 10 nitrogen and oxygen atoms in total. The van der Waals surface area contributed by atoms with Crippen LogP contribution in [0.5, 0.6) is 6.01 Å². The van der Waals surface area contributed by atoms with E-state index in [2.05, 4.69) is 30.1 Å². The summed E-state index contributed by atoms with van der Waals surface area (Å²) in [4.78, 5) is 36.5. The molecular formula is C25H28ClN7O3S. The number of methoxy groups -OCH3 is 2. The number of nitrogens with one attached hydrogen (secondary N) is 1. The predicted molar refractivity (Wildman–Crippen MR) is 147 cm³/mol. The van der Waals surface area contributed by atoms with Gasteiger partial charge in [0.15, 0.2) is 0 Å². The van der Waals surface area contributed by atoms with Crippen LogP contribution >= 0.6 is 23.7 Å². The van der Waals surface area contributed by atoms with Crippen LogP contribution in [-0.4, -0.2) is 84.3 Å². The van der Waals surface area contributed by atoms with Crippen molar-refractivity contribution in [3.63, 3.8) is 0 Å². The van der Waals surface area contributed by atoms with E-state index in [1.807, 2.05) is 36.4 Å². The summed E-state index contributed by atoms with van der Waals surface area (Å²) in [6.07, 6.45) is 1.75. The van der Waals surface area contributed by atoms with Crippen molar-refractivity contribution < 1.29 is 14.3 Å². The Hall–Kier alpha value is -3.38. The van der Waals surface area contributed by atoms with Crippen molar-refractivity contribution in [1.29, 1.82) is 0 Å². The average molecular weight is 542 g/mol. The minimum Gasteiger partial charge on any atom is -0.467 e. The van der Waals surface area contributed by atoms with Crippen LogP contribution in [0, 0.1) is 0 Å². The summed E-state index contributed by atoms with van der Waals surface area (Å²) < 4.78 is 10.5. The van der Waals surface area contributed by atoms with Gasteiger partial charge in [-0.25, -0.2) is 9.97 Å². The molecule has 0 radical (unpaired) electrons. The van der Waals surface area contributed by atoms with E-state index in [4.69, 9.17) is 14.5 Å². The number of pyridine rings is 1. The van der Waals surface area contributed by atoms with Crippen molar-refractivity contribution >= 4 is 51.5 Å². The molecule has 0 bridgehead atoms. The highest BCUT2D eigenvalue weighted by Crippen LogP contribution is 2.34.